The molecule has 0 aliphatic carbocycles. The third-order valence-electron chi connectivity index (χ3n) is 5.25. The molecule has 1 aliphatic heterocycles. The van der Waals surface area contributed by atoms with E-state index in [9.17, 15) is 17.6 Å². The predicted octanol–water partition coefficient (Wildman–Crippen LogP) is 4.36. The highest BCUT2D eigenvalue weighted by Crippen LogP contribution is 2.36. The number of nitrogens with zero attached hydrogens (tertiary/aromatic N) is 2. The normalized spacial score (nSPS) is 15.7. The zero-order chi connectivity index (χ0) is 20.8. The molecule has 1 aliphatic rings. The minimum atomic E-state index is -3.47. The Kier molecular flexibility index (Phi) is 5.04. The molecule has 0 bridgehead atoms. The van der Waals surface area contributed by atoms with Crippen LogP contribution in [0.1, 0.15) is 24.3 Å². The van der Waals surface area contributed by atoms with E-state index in [-0.39, 0.29) is 16.4 Å². The summed E-state index contributed by atoms with van der Waals surface area (Å²) >= 11 is 1.36. The fourth-order valence-electron chi connectivity index (χ4n) is 3.61. The third kappa shape index (κ3) is 3.97. The Morgan fingerprint density at radius 1 is 1.21 bits per heavy atom. The molecule has 1 saturated heterocycles. The molecule has 0 radical (unpaired) electrons. The van der Waals surface area contributed by atoms with E-state index in [0.29, 0.717) is 18.1 Å². The summed E-state index contributed by atoms with van der Waals surface area (Å²) in [4.78, 5) is 16.9. The number of benzene rings is 2. The monoisotopic (exact) mass is 434 g/mol. The summed E-state index contributed by atoms with van der Waals surface area (Å²) < 4.78 is 38.6. The Labute approximate surface area is 171 Å². The molecule has 29 heavy (non-hydrogen) atoms. The predicted molar refractivity (Wildman–Crippen MR) is 110 cm³/mol. The van der Waals surface area contributed by atoms with Gasteiger partial charge in [0.05, 0.1) is 15.1 Å². The molecule has 4 rings (SSSR count). The SMILES string of the molecule is CS(=O)(=O)c1ccc(-c2nc3ccc(C4CCN(C(=O)O)CC4)cc3s2)c(F)c1. The summed E-state index contributed by atoms with van der Waals surface area (Å²) in [6, 6.07) is 9.80. The fourth-order valence-corrected chi connectivity index (χ4v) is 5.29. The average Bonchev–Trinajstić information content (AvgIpc) is 3.10. The van der Waals surface area contributed by atoms with Crippen molar-refractivity contribution in [3.8, 4) is 10.6 Å². The molecule has 0 unspecified atom stereocenters. The van der Waals surface area contributed by atoms with Crippen LogP contribution in [-0.4, -0.2) is 48.8 Å². The summed E-state index contributed by atoms with van der Waals surface area (Å²) in [7, 11) is -3.47. The van der Waals surface area contributed by atoms with Crippen LogP contribution in [0.15, 0.2) is 41.3 Å². The summed E-state index contributed by atoms with van der Waals surface area (Å²) in [6.45, 7) is 1.04. The van der Waals surface area contributed by atoms with E-state index in [0.717, 1.165) is 40.9 Å². The lowest BCUT2D eigenvalue weighted by Gasteiger charge is -2.30. The average molecular weight is 435 g/mol. The van der Waals surface area contributed by atoms with E-state index in [1.54, 1.807) is 0 Å². The molecule has 2 heterocycles. The number of likely N-dealkylation sites (tertiary alicyclic amines) is 1. The van der Waals surface area contributed by atoms with Gasteiger partial charge in [0.15, 0.2) is 9.84 Å². The van der Waals surface area contributed by atoms with E-state index in [4.69, 9.17) is 5.11 Å². The molecule has 1 amide bonds. The zero-order valence-electron chi connectivity index (χ0n) is 15.6. The summed E-state index contributed by atoms with van der Waals surface area (Å²) in [5.41, 5.74) is 2.16. The van der Waals surface area contributed by atoms with Gasteiger partial charge in [0.25, 0.3) is 0 Å². The van der Waals surface area contributed by atoms with E-state index < -0.39 is 21.7 Å². The number of rotatable bonds is 3. The molecule has 0 saturated carbocycles. The van der Waals surface area contributed by atoms with E-state index >= 15 is 0 Å². The van der Waals surface area contributed by atoms with Crippen LogP contribution in [0, 0.1) is 5.82 Å². The van der Waals surface area contributed by atoms with Gasteiger partial charge in [-0.2, -0.15) is 0 Å². The number of hydrogen-bond donors (Lipinski definition) is 1. The lowest BCUT2D eigenvalue weighted by Crippen LogP contribution is -2.36. The molecule has 1 fully saturated rings. The Bertz CT molecular complexity index is 1200. The van der Waals surface area contributed by atoms with Crippen molar-refractivity contribution in [3.63, 3.8) is 0 Å². The number of carboxylic acid groups (broad SMARTS) is 1. The van der Waals surface area contributed by atoms with Crippen LogP contribution in [0.4, 0.5) is 9.18 Å². The Hall–Kier alpha value is -2.52. The Balaban J connectivity index is 1.62. The minimum Gasteiger partial charge on any atom is -0.465 e. The summed E-state index contributed by atoms with van der Waals surface area (Å²) in [5.74, 6) is -0.334. The first-order valence-electron chi connectivity index (χ1n) is 9.11. The van der Waals surface area contributed by atoms with Crippen molar-refractivity contribution in [2.45, 2.75) is 23.7 Å². The number of carbonyl (C=O) groups is 1. The maximum atomic E-state index is 14.5. The van der Waals surface area contributed by atoms with Gasteiger partial charge in [-0.15, -0.1) is 11.3 Å². The van der Waals surface area contributed by atoms with E-state index in [1.807, 2.05) is 18.2 Å². The first kappa shape index (κ1) is 19.8. The van der Waals surface area contributed by atoms with E-state index in [1.165, 1.54) is 28.4 Å². The van der Waals surface area contributed by atoms with Gasteiger partial charge in [-0.25, -0.2) is 22.6 Å². The van der Waals surface area contributed by atoms with Crippen LogP contribution < -0.4 is 0 Å². The first-order valence-corrected chi connectivity index (χ1v) is 11.8. The third-order valence-corrected chi connectivity index (χ3v) is 7.41. The summed E-state index contributed by atoms with van der Waals surface area (Å²) in [6.07, 6.45) is 1.70. The highest BCUT2D eigenvalue weighted by Gasteiger charge is 2.24. The van der Waals surface area contributed by atoms with Crippen molar-refractivity contribution < 1.29 is 22.7 Å². The molecule has 152 valence electrons. The second-order valence-corrected chi connectivity index (χ2v) is 10.3. The number of aromatic nitrogens is 1. The van der Waals surface area contributed by atoms with Gasteiger partial charge in [0.2, 0.25) is 0 Å². The van der Waals surface area contributed by atoms with Crippen molar-refractivity contribution in [1.82, 2.24) is 9.88 Å². The van der Waals surface area contributed by atoms with Crippen LogP contribution in [0.25, 0.3) is 20.8 Å². The van der Waals surface area contributed by atoms with Crippen molar-refractivity contribution >= 4 is 37.5 Å². The highest BCUT2D eigenvalue weighted by molar-refractivity contribution is 7.90. The standard InChI is InChI=1S/C20H19FN2O4S2/c1-29(26,27)14-3-4-15(16(21)11-14)19-22-17-5-2-13(10-18(17)28-19)12-6-8-23(9-7-12)20(24)25/h2-5,10-12H,6-9H2,1H3,(H,24,25). The van der Waals surface area contributed by atoms with Gasteiger partial charge >= 0.3 is 6.09 Å². The number of sulfone groups is 1. The van der Waals surface area contributed by atoms with Gasteiger partial charge in [0.1, 0.15) is 10.8 Å². The summed E-state index contributed by atoms with van der Waals surface area (Å²) in [5, 5.41) is 9.58. The second kappa shape index (κ2) is 7.38. The van der Waals surface area contributed by atoms with Crippen molar-refractivity contribution in [1.29, 1.82) is 0 Å². The van der Waals surface area contributed by atoms with E-state index in [2.05, 4.69) is 4.98 Å². The number of halogens is 1. The molecule has 1 aromatic heterocycles. The maximum Gasteiger partial charge on any atom is 0.407 e. The van der Waals surface area contributed by atoms with Gasteiger partial charge in [-0.05, 0) is 54.7 Å². The van der Waals surface area contributed by atoms with Gasteiger partial charge in [-0.3, -0.25) is 0 Å². The van der Waals surface area contributed by atoms with Crippen molar-refractivity contribution in [3.05, 3.63) is 47.8 Å². The first-order chi connectivity index (χ1) is 13.7. The van der Waals surface area contributed by atoms with Crippen LogP contribution in [0.2, 0.25) is 0 Å². The second-order valence-electron chi connectivity index (χ2n) is 7.20. The number of piperidine rings is 1. The molecule has 0 spiro atoms. The highest BCUT2D eigenvalue weighted by atomic mass is 32.2. The molecule has 9 heteroatoms. The van der Waals surface area contributed by atoms with Crippen molar-refractivity contribution in [2.24, 2.45) is 0 Å². The minimum absolute atomic E-state index is 0.0603. The molecule has 2 aromatic carbocycles. The quantitative estimate of drug-likeness (QED) is 0.662. The van der Waals surface area contributed by atoms with Crippen LogP contribution >= 0.6 is 11.3 Å². The van der Waals surface area contributed by atoms with Crippen LogP contribution in [0.5, 0.6) is 0 Å². The number of thiazole rings is 1. The maximum absolute atomic E-state index is 14.5. The fraction of sp³-hybridized carbons (Fsp3) is 0.300. The number of hydrogen-bond acceptors (Lipinski definition) is 5. The Morgan fingerprint density at radius 3 is 2.55 bits per heavy atom. The van der Waals surface area contributed by atoms with Gasteiger partial charge < -0.3 is 10.0 Å². The van der Waals surface area contributed by atoms with Crippen LogP contribution in [0.3, 0.4) is 0 Å². The van der Waals surface area contributed by atoms with Gasteiger partial charge in [-0.1, -0.05) is 6.07 Å². The smallest absolute Gasteiger partial charge is 0.407 e. The lowest BCUT2D eigenvalue weighted by atomic mass is 9.89. The number of fused-ring (bicyclic) bond motifs is 1. The molecular weight excluding hydrogens is 415 g/mol. The van der Waals surface area contributed by atoms with Crippen molar-refractivity contribution in [2.75, 3.05) is 19.3 Å². The topological polar surface area (TPSA) is 87.6 Å². The molecule has 6 nitrogen and oxygen atoms in total. The largest absolute Gasteiger partial charge is 0.465 e. The Morgan fingerprint density at radius 2 is 1.93 bits per heavy atom. The molecular formula is C20H19FN2O4S2. The molecule has 1 N–H and O–H groups in total. The van der Waals surface area contributed by atoms with Gasteiger partial charge in [0, 0.05) is 24.9 Å². The molecule has 3 aromatic rings. The lowest BCUT2D eigenvalue weighted by molar-refractivity contribution is 0.132. The van der Waals surface area contributed by atoms with Crippen LogP contribution in [-0.2, 0) is 9.84 Å². The number of amides is 1. The zero-order valence-corrected chi connectivity index (χ0v) is 17.3. The molecule has 0 atom stereocenters.